The Bertz CT molecular complexity index is 438. The highest BCUT2D eigenvalue weighted by Gasteiger charge is 2.12. The number of nitrogens with one attached hydrogen (secondary N) is 2. The van der Waals surface area contributed by atoms with Gasteiger partial charge in [-0.25, -0.2) is 4.98 Å². The second-order valence-corrected chi connectivity index (χ2v) is 4.26. The number of thiazole rings is 1. The van der Waals surface area contributed by atoms with Crippen molar-refractivity contribution in [1.82, 2.24) is 25.7 Å². The summed E-state index contributed by atoms with van der Waals surface area (Å²) < 4.78 is 0. The van der Waals surface area contributed by atoms with Crippen LogP contribution in [0.15, 0.2) is 17.8 Å². The predicted octanol–water partition coefficient (Wildman–Crippen LogP) is 0.795. The van der Waals surface area contributed by atoms with Gasteiger partial charge in [0.25, 0.3) is 5.91 Å². The molecule has 0 spiro atoms. The van der Waals surface area contributed by atoms with Crippen LogP contribution in [0.3, 0.4) is 0 Å². The molecule has 0 fully saturated rings. The standard InChI is InChI=1S/C9H11N5OS/c1-6(9-10-2-3-16-9)4-11-8(15)7-5-12-14-13-7/h2-3,5-6H,4H2,1H3,(H,11,15)(H,12,13,14). The maximum absolute atomic E-state index is 11.5. The average molecular weight is 237 g/mol. The SMILES string of the molecule is CC(CNC(=O)c1cn[nH]n1)c1nccs1. The first-order valence-corrected chi connectivity index (χ1v) is 5.68. The summed E-state index contributed by atoms with van der Waals surface area (Å²) in [6, 6.07) is 0. The highest BCUT2D eigenvalue weighted by Crippen LogP contribution is 2.16. The number of aromatic amines is 1. The summed E-state index contributed by atoms with van der Waals surface area (Å²) in [6.45, 7) is 2.56. The third kappa shape index (κ3) is 2.43. The predicted molar refractivity (Wildman–Crippen MR) is 59.2 cm³/mol. The molecule has 0 aliphatic rings. The van der Waals surface area contributed by atoms with E-state index in [4.69, 9.17) is 0 Å². The summed E-state index contributed by atoms with van der Waals surface area (Å²) in [5.41, 5.74) is 0.298. The van der Waals surface area contributed by atoms with E-state index in [-0.39, 0.29) is 11.8 Å². The molecule has 1 unspecified atom stereocenters. The van der Waals surface area contributed by atoms with Gasteiger partial charge in [0.1, 0.15) is 0 Å². The molecule has 0 bridgehead atoms. The minimum absolute atomic E-state index is 0.204. The zero-order valence-corrected chi connectivity index (χ0v) is 9.49. The fourth-order valence-electron chi connectivity index (χ4n) is 1.21. The Hall–Kier alpha value is -1.76. The molecular weight excluding hydrogens is 226 g/mol. The Morgan fingerprint density at radius 2 is 2.56 bits per heavy atom. The maximum Gasteiger partial charge on any atom is 0.273 e. The van der Waals surface area contributed by atoms with Gasteiger partial charge in [0.15, 0.2) is 5.69 Å². The molecule has 0 aliphatic carbocycles. The monoisotopic (exact) mass is 237 g/mol. The molecule has 0 saturated carbocycles. The lowest BCUT2D eigenvalue weighted by atomic mass is 10.2. The molecule has 2 aromatic rings. The van der Waals surface area contributed by atoms with Crippen LogP contribution in [0.25, 0.3) is 0 Å². The summed E-state index contributed by atoms with van der Waals surface area (Å²) in [7, 11) is 0. The lowest BCUT2D eigenvalue weighted by molar-refractivity contribution is 0.0946. The van der Waals surface area contributed by atoms with Crippen LogP contribution < -0.4 is 5.32 Å². The minimum atomic E-state index is -0.225. The number of H-pyrrole nitrogens is 1. The maximum atomic E-state index is 11.5. The summed E-state index contributed by atoms with van der Waals surface area (Å²) in [6.07, 6.45) is 3.15. The van der Waals surface area contributed by atoms with Crippen LogP contribution >= 0.6 is 11.3 Å². The molecule has 0 saturated heterocycles. The number of carbonyl (C=O) groups excluding carboxylic acids is 1. The van der Waals surface area contributed by atoms with Crippen LogP contribution in [-0.4, -0.2) is 32.8 Å². The van der Waals surface area contributed by atoms with Crippen LogP contribution in [0.2, 0.25) is 0 Å². The van der Waals surface area contributed by atoms with Gasteiger partial charge in [-0.15, -0.1) is 11.3 Å². The quantitative estimate of drug-likeness (QED) is 0.823. The Morgan fingerprint density at radius 3 is 3.19 bits per heavy atom. The van der Waals surface area contributed by atoms with Gasteiger partial charge in [-0.05, 0) is 0 Å². The van der Waals surface area contributed by atoms with Gasteiger partial charge in [-0.1, -0.05) is 6.92 Å². The summed E-state index contributed by atoms with van der Waals surface area (Å²) in [4.78, 5) is 15.7. The second-order valence-electron chi connectivity index (χ2n) is 3.34. The van der Waals surface area contributed by atoms with Crippen molar-refractivity contribution in [3.63, 3.8) is 0 Å². The highest BCUT2D eigenvalue weighted by molar-refractivity contribution is 7.09. The molecule has 2 N–H and O–H groups in total. The van der Waals surface area contributed by atoms with Crippen LogP contribution in [0.4, 0.5) is 0 Å². The smallest absolute Gasteiger partial charge is 0.273 e. The topological polar surface area (TPSA) is 83.6 Å². The van der Waals surface area contributed by atoms with Gasteiger partial charge in [0.05, 0.1) is 11.2 Å². The van der Waals surface area contributed by atoms with E-state index in [1.165, 1.54) is 6.20 Å². The zero-order valence-electron chi connectivity index (χ0n) is 8.67. The minimum Gasteiger partial charge on any atom is -0.350 e. The van der Waals surface area contributed by atoms with E-state index >= 15 is 0 Å². The third-order valence-corrected chi connectivity index (χ3v) is 3.10. The number of nitrogens with zero attached hydrogens (tertiary/aromatic N) is 3. The molecule has 1 amide bonds. The van der Waals surface area contributed by atoms with E-state index in [1.807, 2.05) is 12.3 Å². The van der Waals surface area contributed by atoms with Crippen LogP contribution in [0.5, 0.6) is 0 Å². The third-order valence-electron chi connectivity index (χ3n) is 2.09. The lowest BCUT2D eigenvalue weighted by Crippen LogP contribution is -2.27. The van der Waals surface area contributed by atoms with E-state index in [9.17, 15) is 4.79 Å². The van der Waals surface area contributed by atoms with Crippen molar-refractivity contribution < 1.29 is 4.79 Å². The van der Waals surface area contributed by atoms with Crippen LogP contribution in [-0.2, 0) is 0 Å². The van der Waals surface area contributed by atoms with E-state index in [0.29, 0.717) is 12.2 Å². The fourth-order valence-corrected chi connectivity index (χ4v) is 1.91. The molecule has 2 heterocycles. The van der Waals surface area contributed by atoms with Crippen molar-refractivity contribution in [2.24, 2.45) is 0 Å². The Labute approximate surface area is 96.1 Å². The molecule has 0 aliphatic heterocycles. The summed E-state index contributed by atoms with van der Waals surface area (Å²) in [5, 5.41) is 15.4. The lowest BCUT2D eigenvalue weighted by Gasteiger charge is -2.08. The number of amides is 1. The first-order valence-electron chi connectivity index (χ1n) is 4.80. The van der Waals surface area contributed by atoms with Crippen molar-refractivity contribution >= 4 is 17.2 Å². The first kappa shape index (κ1) is 10.7. The fraction of sp³-hybridized carbons (Fsp3) is 0.333. The number of rotatable bonds is 4. The number of aromatic nitrogens is 4. The van der Waals surface area contributed by atoms with Crippen molar-refractivity contribution in [1.29, 1.82) is 0 Å². The van der Waals surface area contributed by atoms with E-state index < -0.39 is 0 Å². The van der Waals surface area contributed by atoms with Gasteiger partial charge < -0.3 is 5.32 Å². The van der Waals surface area contributed by atoms with E-state index in [1.54, 1.807) is 17.5 Å². The van der Waals surface area contributed by atoms with E-state index in [0.717, 1.165) is 5.01 Å². The largest absolute Gasteiger partial charge is 0.350 e. The number of carbonyl (C=O) groups is 1. The molecule has 1 atom stereocenters. The van der Waals surface area contributed by atoms with Crippen LogP contribution in [0, 0.1) is 0 Å². The molecule has 6 nitrogen and oxygen atoms in total. The first-order chi connectivity index (χ1) is 7.77. The highest BCUT2D eigenvalue weighted by atomic mass is 32.1. The molecule has 0 aromatic carbocycles. The molecule has 2 rings (SSSR count). The molecule has 16 heavy (non-hydrogen) atoms. The van der Waals surface area contributed by atoms with Crippen molar-refractivity contribution in [2.75, 3.05) is 6.54 Å². The Kier molecular flexibility index (Phi) is 3.25. The average Bonchev–Trinajstić information content (AvgIpc) is 2.95. The Morgan fingerprint density at radius 1 is 1.69 bits per heavy atom. The van der Waals surface area contributed by atoms with Crippen molar-refractivity contribution in [3.8, 4) is 0 Å². The summed E-state index contributed by atoms with van der Waals surface area (Å²) in [5.74, 6) is -0.0204. The molecule has 84 valence electrons. The van der Waals surface area contributed by atoms with Crippen molar-refractivity contribution in [3.05, 3.63) is 28.5 Å². The second kappa shape index (κ2) is 4.84. The van der Waals surface area contributed by atoms with Gasteiger partial charge in [-0.3, -0.25) is 4.79 Å². The normalized spacial score (nSPS) is 12.3. The molecule has 0 radical (unpaired) electrons. The molecule has 2 aromatic heterocycles. The van der Waals surface area contributed by atoms with E-state index in [2.05, 4.69) is 25.7 Å². The van der Waals surface area contributed by atoms with Gasteiger partial charge in [0, 0.05) is 24.0 Å². The molecular formula is C9H11N5OS. The van der Waals surface area contributed by atoms with Gasteiger partial charge in [0.2, 0.25) is 0 Å². The van der Waals surface area contributed by atoms with Gasteiger partial charge in [-0.2, -0.15) is 15.4 Å². The number of hydrogen-bond acceptors (Lipinski definition) is 5. The Balaban J connectivity index is 1.86. The van der Waals surface area contributed by atoms with Crippen molar-refractivity contribution in [2.45, 2.75) is 12.8 Å². The number of hydrogen-bond donors (Lipinski definition) is 2. The van der Waals surface area contributed by atoms with Crippen LogP contribution in [0.1, 0.15) is 28.3 Å². The zero-order chi connectivity index (χ0) is 11.4. The molecule has 7 heteroatoms. The summed E-state index contributed by atoms with van der Waals surface area (Å²) >= 11 is 1.58. The van der Waals surface area contributed by atoms with Gasteiger partial charge >= 0.3 is 0 Å².